The van der Waals surface area contributed by atoms with Crippen LogP contribution in [0, 0.1) is 17.8 Å². The van der Waals surface area contributed by atoms with Gasteiger partial charge in [-0.15, -0.1) is 0 Å². The van der Waals surface area contributed by atoms with Gasteiger partial charge in [-0.2, -0.15) is 5.10 Å². The second-order valence-electron chi connectivity index (χ2n) is 5.67. The van der Waals surface area contributed by atoms with Crippen LogP contribution in [0.3, 0.4) is 0 Å². The molecule has 0 radical (unpaired) electrons. The molecule has 1 aromatic heterocycles. The van der Waals surface area contributed by atoms with E-state index >= 15 is 0 Å². The average molecular weight is 233 g/mol. The zero-order valence-electron chi connectivity index (χ0n) is 10.9. The van der Waals surface area contributed by atoms with Gasteiger partial charge in [0.25, 0.3) is 0 Å². The molecule has 3 heteroatoms. The first-order chi connectivity index (χ1) is 8.31. The lowest BCUT2D eigenvalue weighted by Gasteiger charge is -2.28. The van der Waals surface area contributed by atoms with Crippen molar-refractivity contribution in [3.8, 4) is 0 Å². The first kappa shape index (κ1) is 11.3. The van der Waals surface area contributed by atoms with Crippen LogP contribution in [0.4, 0.5) is 0 Å². The molecule has 3 nitrogen and oxygen atoms in total. The predicted molar refractivity (Wildman–Crippen MR) is 68.6 cm³/mol. The van der Waals surface area contributed by atoms with Crippen LogP contribution in [0.1, 0.15) is 44.3 Å². The predicted octanol–water partition coefficient (Wildman–Crippen LogP) is 2.51. The normalized spacial score (nSPS) is 22.1. The standard InChI is InChI=1S/C14H23N3/c1-3-15-14(12-8-9-16-17(12)2)13(10-4-5-10)11-6-7-11/h8-11,13-15H,3-7H2,1-2H3. The van der Waals surface area contributed by atoms with Crippen LogP contribution >= 0.6 is 0 Å². The molecule has 3 rings (SSSR count). The highest BCUT2D eigenvalue weighted by molar-refractivity contribution is 5.12. The molecule has 1 aromatic rings. The van der Waals surface area contributed by atoms with E-state index in [1.54, 1.807) is 0 Å². The van der Waals surface area contributed by atoms with E-state index < -0.39 is 0 Å². The quantitative estimate of drug-likeness (QED) is 0.818. The van der Waals surface area contributed by atoms with Gasteiger partial charge in [0, 0.05) is 13.2 Å². The Hall–Kier alpha value is -0.830. The average Bonchev–Trinajstić information content (AvgIpc) is 3.20. The molecular weight excluding hydrogens is 210 g/mol. The van der Waals surface area contributed by atoms with Crippen molar-refractivity contribution in [3.05, 3.63) is 18.0 Å². The molecule has 17 heavy (non-hydrogen) atoms. The van der Waals surface area contributed by atoms with Crippen molar-refractivity contribution < 1.29 is 0 Å². The highest BCUT2D eigenvalue weighted by Crippen LogP contribution is 2.53. The Morgan fingerprint density at radius 3 is 2.41 bits per heavy atom. The van der Waals surface area contributed by atoms with Crippen molar-refractivity contribution in [1.82, 2.24) is 15.1 Å². The number of nitrogens with zero attached hydrogens (tertiary/aromatic N) is 2. The van der Waals surface area contributed by atoms with Crippen LogP contribution in [-0.4, -0.2) is 16.3 Å². The van der Waals surface area contributed by atoms with Crippen LogP contribution in [-0.2, 0) is 7.05 Å². The van der Waals surface area contributed by atoms with Crippen LogP contribution in [0.25, 0.3) is 0 Å². The number of nitrogens with one attached hydrogen (secondary N) is 1. The van der Waals surface area contributed by atoms with Crippen LogP contribution in [0.5, 0.6) is 0 Å². The van der Waals surface area contributed by atoms with E-state index in [1.807, 2.05) is 10.9 Å². The largest absolute Gasteiger partial charge is 0.309 e. The van der Waals surface area contributed by atoms with Gasteiger partial charge in [0.2, 0.25) is 0 Å². The summed E-state index contributed by atoms with van der Waals surface area (Å²) in [7, 11) is 2.07. The van der Waals surface area contributed by atoms with E-state index in [1.165, 1.54) is 31.4 Å². The van der Waals surface area contributed by atoms with Crippen LogP contribution in [0.2, 0.25) is 0 Å². The third-order valence-corrected chi connectivity index (χ3v) is 4.32. The summed E-state index contributed by atoms with van der Waals surface area (Å²) in [6.45, 7) is 3.26. The number of aromatic nitrogens is 2. The third kappa shape index (κ3) is 2.25. The summed E-state index contributed by atoms with van der Waals surface area (Å²) >= 11 is 0. The fourth-order valence-electron chi connectivity index (χ4n) is 3.24. The lowest BCUT2D eigenvalue weighted by Crippen LogP contribution is -2.32. The van der Waals surface area contributed by atoms with Gasteiger partial charge in [-0.1, -0.05) is 6.92 Å². The molecule has 0 aromatic carbocycles. The lowest BCUT2D eigenvalue weighted by atomic mass is 9.87. The molecule has 2 fully saturated rings. The maximum atomic E-state index is 4.34. The van der Waals surface area contributed by atoms with Gasteiger partial charge in [0.1, 0.15) is 0 Å². The molecule has 2 aliphatic rings. The summed E-state index contributed by atoms with van der Waals surface area (Å²) in [5.41, 5.74) is 1.37. The fourth-order valence-corrected chi connectivity index (χ4v) is 3.24. The summed E-state index contributed by atoms with van der Waals surface area (Å²) in [6.07, 6.45) is 7.71. The van der Waals surface area contributed by atoms with E-state index in [4.69, 9.17) is 0 Å². The van der Waals surface area contributed by atoms with E-state index in [0.717, 1.165) is 24.3 Å². The third-order valence-electron chi connectivity index (χ3n) is 4.32. The molecule has 1 N–H and O–H groups in total. The Morgan fingerprint density at radius 2 is 2.00 bits per heavy atom. The van der Waals surface area contributed by atoms with Gasteiger partial charge >= 0.3 is 0 Å². The summed E-state index contributed by atoms with van der Waals surface area (Å²) < 4.78 is 2.05. The topological polar surface area (TPSA) is 29.9 Å². The molecule has 1 heterocycles. The molecule has 0 spiro atoms. The fraction of sp³-hybridized carbons (Fsp3) is 0.786. The Bertz CT molecular complexity index is 365. The Kier molecular flexibility index (Phi) is 2.95. The second kappa shape index (κ2) is 4.45. The summed E-state index contributed by atoms with van der Waals surface area (Å²) in [6, 6.07) is 2.71. The molecule has 0 aliphatic heterocycles. The van der Waals surface area contributed by atoms with Gasteiger partial charge in [0.05, 0.1) is 11.7 Å². The first-order valence-electron chi connectivity index (χ1n) is 7.02. The van der Waals surface area contributed by atoms with Crippen LogP contribution < -0.4 is 5.32 Å². The van der Waals surface area contributed by atoms with E-state index in [9.17, 15) is 0 Å². The molecular formula is C14H23N3. The number of hydrogen-bond acceptors (Lipinski definition) is 2. The molecule has 94 valence electrons. The van der Waals surface area contributed by atoms with Gasteiger partial charge < -0.3 is 5.32 Å². The Morgan fingerprint density at radius 1 is 1.35 bits per heavy atom. The van der Waals surface area contributed by atoms with E-state index in [2.05, 4.69) is 30.5 Å². The lowest BCUT2D eigenvalue weighted by molar-refractivity contribution is 0.280. The van der Waals surface area contributed by atoms with Gasteiger partial charge in [0.15, 0.2) is 0 Å². The molecule has 0 bridgehead atoms. The van der Waals surface area contributed by atoms with E-state index in [0.29, 0.717) is 6.04 Å². The van der Waals surface area contributed by atoms with Gasteiger partial charge in [-0.05, 0) is 56.0 Å². The summed E-state index contributed by atoms with van der Waals surface area (Å²) in [5.74, 6) is 2.80. The SMILES string of the molecule is CCNC(c1ccnn1C)C(C1CC1)C1CC1. The monoisotopic (exact) mass is 233 g/mol. The molecule has 2 saturated carbocycles. The smallest absolute Gasteiger partial charge is 0.0553 e. The van der Waals surface area contributed by atoms with Crippen LogP contribution in [0.15, 0.2) is 12.3 Å². The molecule has 1 unspecified atom stereocenters. The van der Waals surface area contributed by atoms with Crippen molar-refractivity contribution in [2.45, 2.75) is 38.6 Å². The highest BCUT2D eigenvalue weighted by atomic mass is 15.3. The first-order valence-corrected chi connectivity index (χ1v) is 7.02. The summed E-state index contributed by atoms with van der Waals surface area (Å²) in [4.78, 5) is 0. The van der Waals surface area contributed by atoms with Crippen molar-refractivity contribution >= 4 is 0 Å². The highest BCUT2D eigenvalue weighted by Gasteiger charge is 2.46. The minimum atomic E-state index is 0.521. The van der Waals surface area contributed by atoms with Crippen molar-refractivity contribution in [3.63, 3.8) is 0 Å². The minimum absolute atomic E-state index is 0.521. The summed E-state index contributed by atoms with van der Waals surface area (Å²) in [5, 5.41) is 8.05. The molecule has 0 amide bonds. The molecule has 1 atom stereocenters. The zero-order chi connectivity index (χ0) is 11.8. The minimum Gasteiger partial charge on any atom is -0.309 e. The maximum absolute atomic E-state index is 4.34. The van der Waals surface area contributed by atoms with Gasteiger partial charge in [-0.3, -0.25) is 4.68 Å². The van der Waals surface area contributed by atoms with E-state index in [-0.39, 0.29) is 0 Å². The second-order valence-corrected chi connectivity index (χ2v) is 5.67. The zero-order valence-corrected chi connectivity index (χ0v) is 10.9. The number of aryl methyl sites for hydroxylation is 1. The van der Waals surface area contributed by atoms with Crippen molar-refractivity contribution in [1.29, 1.82) is 0 Å². The van der Waals surface area contributed by atoms with Crippen molar-refractivity contribution in [2.75, 3.05) is 6.54 Å². The molecule has 0 saturated heterocycles. The Balaban J connectivity index is 1.84. The number of rotatable bonds is 6. The Labute approximate surface area is 104 Å². The maximum Gasteiger partial charge on any atom is 0.0553 e. The number of hydrogen-bond donors (Lipinski definition) is 1. The van der Waals surface area contributed by atoms with Crippen molar-refractivity contribution in [2.24, 2.45) is 24.8 Å². The molecule has 2 aliphatic carbocycles. The van der Waals surface area contributed by atoms with Gasteiger partial charge in [-0.25, -0.2) is 0 Å².